The lowest BCUT2D eigenvalue weighted by molar-refractivity contribution is -0.136. The molecule has 10 nitrogen and oxygen atoms in total. The van der Waals surface area contributed by atoms with Gasteiger partial charge in [-0.05, 0) is 54.8 Å². The maximum Gasteiger partial charge on any atom is 0.355 e. The molecule has 5 rings (SSSR count). The Balaban J connectivity index is 1.18. The zero-order valence-electron chi connectivity index (χ0n) is 23.7. The Labute approximate surface area is 262 Å². The zero-order chi connectivity index (χ0) is 31.1. The van der Waals surface area contributed by atoms with E-state index in [1.807, 2.05) is 24.3 Å². The number of fused-ring (bicyclic) bond motifs is 1. The number of carbonyl (C=O) groups excluding carboxylic acids is 4. The molecular formula is C32H29ClN4O6S. The summed E-state index contributed by atoms with van der Waals surface area (Å²) in [6.45, 7) is 0. The maximum absolute atomic E-state index is 12.9. The molecule has 1 aliphatic rings. The third-order valence-electron chi connectivity index (χ3n) is 7.06. The molecule has 1 aliphatic carbocycles. The minimum absolute atomic E-state index is 0.0948. The molecule has 3 N–H and O–H groups in total. The van der Waals surface area contributed by atoms with Crippen molar-refractivity contribution in [3.8, 4) is 11.5 Å². The van der Waals surface area contributed by atoms with Gasteiger partial charge in [-0.15, -0.1) is 11.3 Å². The van der Waals surface area contributed by atoms with Crippen LogP contribution in [0.15, 0.2) is 71.8 Å². The summed E-state index contributed by atoms with van der Waals surface area (Å²) in [4.78, 5) is 51.0. The fourth-order valence-corrected chi connectivity index (χ4v) is 6.22. The van der Waals surface area contributed by atoms with Gasteiger partial charge in [0.15, 0.2) is 11.5 Å². The summed E-state index contributed by atoms with van der Waals surface area (Å²) in [6, 6.07) is 18.7. The first-order chi connectivity index (χ1) is 21.3. The smallest absolute Gasteiger partial charge is 0.355 e. The number of hydrogen-bond acceptors (Lipinski definition) is 8. The number of esters is 1. The van der Waals surface area contributed by atoms with Gasteiger partial charge in [0, 0.05) is 16.1 Å². The van der Waals surface area contributed by atoms with Crippen LogP contribution in [0.25, 0.3) is 10.1 Å². The van der Waals surface area contributed by atoms with Gasteiger partial charge in [0.25, 0.3) is 5.91 Å². The van der Waals surface area contributed by atoms with Crippen LogP contribution in [0.2, 0.25) is 5.02 Å². The van der Waals surface area contributed by atoms with Crippen LogP contribution < -0.4 is 25.5 Å². The van der Waals surface area contributed by atoms with Crippen LogP contribution in [-0.2, 0) is 9.59 Å². The summed E-state index contributed by atoms with van der Waals surface area (Å²) in [5.41, 5.74) is 3.15. The molecule has 1 aromatic heterocycles. The SMILES string of the molecule is COc1cc(C=NNC(=O)C(=O)Nc2ccccc2C(=O)NC2CCCCC2)ccc1OC(=O)c1sc2ccccc2c1Cl. The second kappa shape index (κ2) is 14.2. The molecule has 1 fully saturated rings. The molecule has 12 heteroatoms. The van der Waals surface area contributed by atoms with Crippen molar-refractivity contribution in [3.63, 3.8) is 0 Å². The first-order valence-corrected chi connectivity index (χ1v) is 15.1. The van der Waals surface area contributed by atoms with Gasteiger partial charge >= 0.3 is 17.8 Å². The van der Waals surface area contributed by atoms with Crippen LogP contribution in [-0.4, -0.2) is 43.1 Å². The van der Waals surface area contributed by atoms with Gasteiger partial charge in [-0.2, -0.15) is 5.10 Å². The highest BCUT2D eigenvalue weighted by Gasteiger charge is 2.22. The predicted molar refractivity (Wildman–Crippen MR) is 170 cm³/mol. The van der Waals surface area contributed by atoms with Crippen molar-refractivity contribution in [1.29, 1.82) is 0 Å². The topological polar surface area (TPSA) is 135 Å². The van der Waals surface area contributed by atoms with E-state index in [1.54, 1.807) is 36.4 Å². The molecule has 226 valence electrons. The summed E-state index contributed by atoms with van der Waals surface area (Å²) < 4.78 is 11.8. The molecule has 1 heterocycles. The fourth-order valence-electron chi connectivity index (χ4n) is 4.84. The minimum Gasteiger partial charge on any atom is -0.493 e. The average molecular weight is 633 g/mol. The van der Waals surface area contributed by atoms with Gasteiger partial charge in [0.05, 0.1) is 29.6 Å². The number of hydrogen-bond donors (Lipinski definition) is 3. The standard InChI is InChI=1S/C32H29ClN4O6S/c1-42-25-17-19(15-16-24(25)43-32(41)28-27(33)22-12-6-8-14-26(22)44-28)18-34-37-31(40)30(39)36-23-13-7-5-11-21(23)29(38)35-20-9-3-2-4-10-20/h5-8,11-18,20H,2-4,9-10H2,1H3,(H,35,38)(H,36,39)(H,37,40). The highest BCUT2D eigenvalue weighted by Crippen LogP contribution is 2.37. The lowest BCUT2D eigenvalue weighted by Crippen LogP contribution is -2.37. The molecule has 3 amide bonds. The summed E-state index contributed by atoms with van der Waals surface area (Å²) in [5.74, 6) is -2.53. The number of halogens is 1. The lowest BCUT2D eigenvalue weighted by Gasteiger charge is -2.23. The summed E-state index contributed by atoms with van der Waals surface area (Å²) >= 11 is 7.64. The zero-order valence-corrected chi connectivity index (χ0v) is 25.3. The van der Waals surface area contributed by atoms with Crippen LogP contribution in [0.4, 0.5) is 5.69 Å². The predicted octanol–water partition coefficient (Wildman–Crippen LogP) is 5.93. The number of anilines is 1. The van der Waals surface area contributed by atoms with E-state index in [0.29, 0.717) is 10.6 Å². The molecule has 3 aromatic carbocycles. The van der Waals surface area contributed by atoms with E-state index in [0.717, 1.165) is 42.2 Å². The van der Waals surface area contributed by atoms with Gasteiger partial charge in [-0.3, -0.25) is 14.4 Å². The van der Waals surface area contributed by atoms with Gasteiger partial charge < -0.3 is 20.1 Å². The largest absolute Gasteiger partial charge is 0.493 e. The Kier molecular flexibility index (Phi) is 9.88. The number of nitrogens with one attached hydrogen (secondary N) is 3. The van der Waals surface area contributed by atoms with Crippen molar-refractivity contribution in [2.45, 2.75) is 38.1 Å². The van der Waals surface area contributed by atoms with Crippen molar-refractivity contribution in [3.05, 3.63) is 87.8 Å². The first kappa shape index (κ1) is 30.7. The van der Waals surface area contributed by atoms with Crippen molar-refractivity contribution >= 4 is 68.6 Å². The van der Waals surface area contributed by atoms with E-state index < -0.39 is 17.8 Å². The molecule has 0 bridgehead atoms. The number of rotatable bonds is 8. The molecule has 0 unspecified atom stereocenters. The number of benzene rings is 3. The van der Waals surface area contributed by atoms with E-state index in [9.17, 15) is 19.2 Å². The Morgan fingerprint density at radius 1 is 0.932 bits per heavy atom. The Morgan fingerprint density at radius 2 is 1.68 bits per heavy atom. The highest BCUT2D eigenvalue weighted by molar-refractivity contribution is 7.21. The first-order valence-electron chi connectivity index (χ1n) is 14.0. The second-order valence-electron chi connectivity index (χ2n) is 10.0. The Hall–Kier alpha value is -4.74. The molecule has 4 aromatic rings. The number of para-hydroxylation sites is 1. The molecule has 0 atom stereocenters. The number of thiophene rings is 1. The van der Waals surface area contributed by atoms with Crippen molar-refractivity contribution in [2.24, 2.45) is 5.10 Å². The minimum atomic E-state index is -1.03. The van der Waals surface area contributed by atoms with E-state index in [-0.39, 0.29) is 39.6 Å². The molecular weight excluding hydrogens is 604 g/mol. The second-order valence-corrected chi connectivity index (χ2v) is 11.5. The van der Waals surface area contributed by atoms with E-state index in [1.165, 1.54) is 30.7 Å². The van der Waals surface area contributed by atoms with Gasteiger partial charge in [0.2, 0.25) is 0 Å². The maximum atomic E-state index is 12.9. The Morgan fingerprint density at radius 3 is 2.45 bits per heavy atom. The molecule has 0 radical (unpaired) electrons. The normalized spacial score (nSPS) is 13.4. The van der Waals surface area contributed by atoms with Gasteiger partial charge in [0.1, 0.15) is 4.88 Å². The molecule has 0 saturated heterocycles. The molecule has 44 heavy (non-hydrogen) atoms. The van der Waals surface area contributed by atoms with E-state index in [2.05, 4.69) is 21.2 Å². The van der Waals surface area contributed by atoms with Crippen molar-refractivity contribution < 1.29 is 28.7 Å². The highest BCUT2D eigenvalue weighted by atomic mass is 35.5. The van der Waals surface area contributed by atoms with Gasteiger partial charge in [-0.25, -0.2) is 10.2 Å². The monoisotopic (exact) mass is 632 g/mol. The average Bonchev–Trinajstić information content (AvgIpc) is 3.38. The number of ether oxygens (including phenoxy) is 2. The summed E-state index contributed by atoms with van der Waals surface area (Å²) in [7, 11) is 1.42. The molecule has 1 saturated carbocycles. The molecule has 0 spiro atoms. The van der Waals surface area contributed by atoms with Crippen molar-refractivity contribution in [2.75, 3.05) is 12.4 Å². The number of amides is 3. The summed E-state index contributed by atoms with van der Waals surface area (Å²) in [5, 5.41) is 10.4. The number of hydrazone groups is 1. The van der Waals surface area contributed by atoms with Crippen LogP contribution in [0.3, 0.4) is 0 Å². The van der Waals surface area contributed by atoms with Crippen LogP contribution >= 0.6 is 22.9 Å². The lowest BCUT2D eigenvalue weighted by atomic mass is 9.95. The van der Waals surface area contributed by atoms with Crippen LogP contribution in [0, 0.1) is 0 Å². The number of nitrogens with zero attached hydrogens (tertiary/aromatic N) is 1. The van der Waals surface area contributed by atoms with Crippen LogP contribution in [0.5, 0.6) is 11.5 Å². The number of carbonyl (C=O) groups is 4. The van der Waals surface area contributed by atoms with Crippen LogP contribution in [0.1, 0.15) is 57.7 Å². The Bertz CT molecular complexity index is 1750. The van der Waals surface area contributed by atoms with E-state index in [4.69, 9.17) is 21.1 Å². The third-order valence-corrected chi connectivity index (χ3v) is 8.71. The third kappa shape index (κ3) is 7.24. The summed E-state index contributed by atoms with van der Waals surface area (Å²) in [6.07, 6.45) is 6.43. The van der Waals surface area contributed by atoms with Gasteiger partial charge in [-0.1, -0.05) is 61.2 Å². The van der Waals surface area contributed by atoms with E-state index >= 15 is 0 Å². The fraction of sp³-hybridized carbons (Fsp3) is 0.219. The number of methoxy groups -OCH3 is 1. The quantitative estimate of drug-likeness (QED) is 0.0724. The van der Waals surface area contributed by atoms with Crippen molar-refractivity contribution in [1.82, 2.24) is 10.7 Å². The molecule has 0 aliphatic heterocycles.